The Labute approximate surface area is 119 Å². The Morgan fingerprint density at radius 3 is 2.60 bits per heavy atom. The van der Waals surface area contributed by atoms with E-state index in [2.05, 4.69) is 35.6 Å². The monoisotopic (exact) mass is 268 g/mol. The van der Waals surface area contributed by atoms with Crippen LogP contribution in [0.3, 0.4) is 0 Å². The molecule has 0 bridgehead atoms. The Bertz CT molecular complexity index is 597. The maximum Gasteiger partial charge on any atom is 0.142 e. The van der Waals surface area contributed by atoms with Gasteiger partial charge in [0.2, 0.25) is 0 Å². The van der Waals surface area contributed by atoms with Crippen LogP contribution in [0.2, 0.25) is 0 Å². The molecular formula is C17H20N2O. The highest BCUT2D eigenvalue weighted by molar-refractivity contribution is 5.58. The molecule has 3 nitrogen and oxygen atoms in total. The van der Waals surface area contributed by atoms with Crippen molar-refractivity contribution in [3.63, 3.8) is 0 Å². The molecule has 0 spiro atoms. The molecule has 0 radical (unpaired) electrons. The summed E-state index contributed by atoms with van der Waals surface area (Å²) in [7, 11) is 0. The minimum atomic E-state index is 0.114. The van der Waals surface area contributed by atoms with Crippen molar-refractivity contribution < 1.29 is 4.74 Å². The molecule has 3 N–H and O–H groups in total. The molecule has 2 aromatic carbocycles. The van der Waals surface area contributed by atoms with E-state index in [1.165, 1.54) is 11.1 Å². The number of hydrogen-bond donors (Lipinski definition) is 2. The lowest BCUT2D eigenvalue weighted by Crippen LogP contribution is -2.10. The van der Waals surface area contributed by atoms with E-state index in [1.807, 2.05) is 25.1 Å². The smallest absolute Gasteiger partial charge is 0.142 e. The zero-order chi connectivity index (χ0) is 13.9. The molecule has 20 heavy (non-hydrogen) atoms. The van der Waals surface area contributed by atoms with Crippen molar-refractivity contribution in [2.24, 2.45) is 5.73 Å². The van der Waals surface area contributed by atoms with Crippen molar-refractivity contribution >= 4 is 5.69 Å². The van der Waals surface area contributed by atoms with Crippen LogP contribution in [0.4, 0.5) is 5.69 Å². The maximum absolute atomic E-state index is 6.22. The van der Waals surface area contributed by atoms with Crippen molar-refractivity contribution in [3.8, 4) is 5.75 Å². The lowest BCUT2D eigenvalue weighted by Gasteiger charge is -2.18. The Morgan fingerprint density at radius 2 is 1.80 bits per heavy atom. The third-order valence-corrected chi connectivity index (χ3v) is 3.78. The van der Waals surface area contributed by atoms with Crippen LogP contribution in [0.25, 0.3) is 0 Å². The van der Waals surface area contributed by atoms with Crippen molar-refractivity contribution in [2.45, 2.75) is 25.4 Å². The normalized spacial score (nSPS) is 20.5. The first-order valence-corrected chi connectivity index (χ1v) is 7.12. The van der Waals surface area contributed by atoms with Gasteiger partial charge in [-0.05, 0) is 36.6 Å². The summed E-state index contributed by atoms with van der Waals surface area (Å²) in [4.78, 5) is 0. The van der Waals surface area contributed by atoms with E-state index < -0.39 is 0 Å². The SMILES string of the molecule is CCOc1ccccc1NC1CC(N)c2ccccc21. The topological polar surface area (TPSA) is 47.3 Å². The first-order chi connectivity index (χ1) is 9.79. The fourth-order valence-electron chi connectivity index (χ4n) is 2.87. The second kappa shape index (κ2) is 5.55. The molecule has 0 heterocycles. The molecule has 2 unspecified atom stereocenters. The van der Waals surface area contributed by atoms with Gasteiger partial charge in [-0.2, -0.15) is 0 Å². The van der Waals surface area contributed by atoms with E-state index >= 15 is 0 Å². The summed E-state index contributed by atoms with van der Waals surface area (Å²) in [5.74, 6) is 0.896. The van der Waals surface area contributed by atoms with Gasteiger partial charge in [-0.3, -0.25) is 0 Å². The van der Waals surface area contributed by atoms with E-state index in [9.17, 15) is 0 Å². The second-order valence-electron chi connectivity index (χ2n) is 5.10. The predicted molar refractivity (Wildman–Crippen MR) is 82.0 cm³/mol. The molecule has 3 heteroatoms. The molecule has 1 aliphatic rings. The largest absolute Gasteiger partial charge is 0.492 e. The quantitative estimate of drug-likeness (QED) is 0.890. The lowest BCUT2D eigenvalue weighted by molar-refractivity contribution is 0.341. The number of para-hydroxylation sites is 2. The van der Waals surface area contributed by atoms with Crippen LogP contribution in [0, 0.1) is 0 Å². The molecule has 1 aliphatic carbocycles. The molecule has 3 rings (SSSR count). The van der Waals surface area contributed by atoms with Gasteiger partial charge in [-0.1, -0.05) is 36.4 Å². The number of anilines is 1. The highest BCUT2D eigenvalue weighted by Gasteiger charge is 2.28. The molecule has 0 saturated carbocycles. The molecule has 104 valence electrons. The number of fused-ring (bicyclic) bond motifs is 1. The molecule has 2 atom stereocenters. The van der Waals surface area contributed by atoms with Crippen molar-refractivity contribution in [2.75, 3.05) is 11.9 Å². The van der Waals surface area contributed by atoms with Crippen molar-refractivity contribution in [3.05, 3.63) is 59.7 Å². The minimum absolute atomic E-state index is 0.114. The van der Waals surface area contributed by atoms with Gasteiger partial charge in [0.05, 0.1) is 18.3 Å². The van der Waals surface area contributed by atoms with Crippen LogP contribution in [0.1, 0.15) is 36.6 Å². The summed E-state index contributed by atoms with van der Waals surface area (Å²) in [6, 6.07) is 16.8. The average Bonchev–Trinajstić information content (AvgIpc) is 2.79. The Kier molecular flexibility index (Phi) is 3.61. The lowest BCUT2D eigenvalue weighted by atomic mass is 10.1. The third kappa shape index (κ3) is 2.37. The van der Waals surface area contributed by atoms with Gasteiger partial charge in [-0.25, -0.2) is 0 Å². The molecule has 2 aromatic rings. The van der Waals surface area contributed by atoms with E-state index in [1.54, 1.807) is 0 Å². The molecule has 0 amide bonds. The zero-order valence-corrected chi connectivity index (χ0v) is 11.7. The first kappa shape index (κ1) is 13.0. The standard InChI is InChI=1S/C17H20N2O/c1-2-20-17-10-6-5-9-15(17)19-16-11-14(18)12-7-3-4-8-13(12)16/h3-10,14,16,19H,2,11,18H2,1H3. The van der Waals surface area contributed by atoms with E-state index in [4.69, 9.17) is 10.5 Å². The van der Waals surface area contributed by atoms with Gasteiger partial charge in [0.15, 0.2) is 0 Å². The Balaban J connectivity index is 1.86. The molecule has 0 fully saturated rings. The van der Waals surface area contributed by atoms with Crippen LogP contribution in [-0.2, 0) is 0 Å². The van der Waals surface area contributed by atoms with Crippen LogP contribution < -0.4 is 15.8 Å². The third-order valence-electron chi connectivity index (χ3n) is 3.78. The van der Waals surface area contributed by atoms with Crippen LogP contribution in [0.15, 0.2) is 48.5 Å². The molecule has 0 saturated heterocycles. The summed E-state index contributed by atoms with van der Waals surface area (Å²) >= 11 is 0. The zero-order valence-electron chi connectivity index (χ0n) is 11.7. The first-order valence-electron chi connectivity index (χ1n) is 7.12. The van der Waals surface area contributed by atoms with E-state index in [-0.39, 0.29) is 12.1 Å². The summed E-state index contributed by atoms with van der Waals surface area (Å²) in [6.45, 7) is 2.66. The fourth-order valence-corrected chi connectivity index (χ4v) is 2.87. The van der Waals surface area contributed by atoms with Gasteiger partial charge < -0.3 is 15.8 Å². The van der Waals surface area contributed by atoms with Gasteiger partial charge in [-0.15, -0.1) is 0 Å². The molecule has 0 aromatic heterocycles. The van der Waals surface area contributed by atoms with Crippen LogP contribution in [-0.4, -0.2) is 6.61 Å². The summed E-state index contributed by atoms with van der Waals surface area (Å²) in [5, 5.41) is 3.58. The number of nitrogens with two attached hydrogens (primary N) is 1. The van der Waals surface area contributed by atoms with Gasteiger partial charge in [0, 0.05) is 6.04 Å². The summed E-state index contributed by atoms with van der Waals surface area (Å²) in [5.41, 5.74) is 9.79. The average molecular weight is 268 g/mol. The van der Waals surface area contributed by atoms with Crippen LogP contribution in [0.5, 0.6) is 5.75 Å². The van der Waals surface area contributed by atoms with Crippen molar-refractivity contribution in [1.29, 1.82) is 0 Å². The summed E-state index contributed by atoms with van der Waals surface area (Å²) in [6.07, 6.45) is 0.916. The highest BCUT2D eigenvalue weighted by atomic mass is 16.5. The van der Waals surface area contributed by atoms with Crippen molar-refractivity contribution in [1.82, 2.24) is 0 Å². The Morgan fingerprint density at radius 1 is 1.10 bits per heavy atom. The number of hydrogen-bond acceptors (Lipinski definition) is 3. The summed E-state index contributed by atoms with van der Waals surface area (Å²) < 4.78 is 5.67. The second-order valence-corrected chi connectivity index (χ2v) is 5.10. The predicted octanol–water partition coefficient (Wildman–Crippen LogP) is 3.64. The number of benzene rings is 2. The molecular weight excluding hydrogens is 248 g/mol. The Hall–Kier alpha value is -2.00. The van der Waals surface area contributed by atoms with Gasteiger partial charge >= 0.3 is 0 Å². The number of rotatable bonds is 4. The van der Waals surface area contributed by atoms with E-state index in [0.29, 0.717) is 6.61 Å². The van der Waals surface area contributed by atoms with Gasteiger partial charge in [0.25, 0.3) is 0 Å². The molecule has 0 aliphatic heterocycles. The fraction of sp³-hybridized carbons (Fsp3) is 0.294. The van der Waals surface area contributed by atoms with E-state index in [0.717, 1.165) is 17.9 Å². The van der Waals surface area contributed by atoms with Crippen LogP contribution >= 0.6 is 0 Å². The number of ether oxygens (including phenoxy) is 1. The highest BCUT2D eigenvalue weighted by Crippen LogP contribution is 2.40. The number of nitrogens with one attached hydrogen (secondary N) is 1. The van der Waals surface area contributed by atoms with Gasteiger partial charge in [0.1, 0.15) is 5.75 Å². The maximum atomic E-state index is 6.22. The minimum Gasteiger partial charge on any atom is -0.492 e.